The largest absolute Gasteiger partial charge is 0.387 e. The second-order valence-corrected chi connectivity index (χ2v) is 4.58. The van der Waals surface area contributed by atoms with Gasteiger partial charge in [0.15, 0.2) is 0 Å². The highest BCUT2D eigenvalue weighted by Crippen LogP contribution is 2.15. The van der Waals surface area contributed by atoms with Crippen LogP contribution in [0.1, 0.15) is 36.0 Å². The first-order chi connectivity index (χ1) is 9.18. The van der Waals surface area contributed by atoms with Crippen LogP contribution < -0.4 is 5.32 Å². The van der Waals surface area contributed by atoms with E-state index < -0.39 is 6.10 Å². The monoisotopic (exact) mass is 257 g/mol. The first-order valence-electron chi connectivity index (χ1n) is 6.42. The highest BCUT2D eigenvalue weighted by Gasteiger charge is 2.13. The molecule has 0 radical (unpaired) electrons. The molecule has 19 heavy (non-hydrogen) atoms. The Morgan fingerprint density at radius 2 is 1.84 bits per heavy atom. The summed E-state index contributed by atoms with van der Waals surface area (Å²) in [5, 5.41) is 13.4. The Bertz CT molecular complexity index is 516. The Balaban J connectivity index is 1.94. The molecule has 0 aliphatic rings. The molecule has 2 unspecified atom stereocenters. The molecule has 1 aromatic heterocycles. The molecule has 0 amide bonds. The van der Waals surface area contributed by atoms with Crippen molar-refractivity contribution in [3.8, 4) is 0 Å². The highest BCUT2D eigenvalue weighted by molar-refractivity contribution is 5.18. The fourth-order valence-corrected chi connectivity index (χ4v) is 2.02. The van der Waals surface area contributed by atoms with Gasteiger partial charge < -0.3 is 10.4 Å². The normalized spacial score (nSPS) is 14.1. The van der Waals surface area contributed by atoms with E-state index in [-0.39, 0.29) is 6.04 Å². The molecule has 1 aromatic carbocycles. The van der Waals surface area contributed by atoms with Crippen molar-refractivity contribution in [2.45, 2.75) is 26.0 Å². The summed E-state index contributed by atoms with van der Waals surface area (Å²) in [6.45, 7) is 4.45. The van der Waals surface area contributed by atoms with Gasteiger partial charge in [-0.2, -0.15) is 0 Å². The van der Waals surface area contributed by atoms with Gasteiger partial charge in [-0.3, -0.25) is 9.97 Å². The molecule has 0 aliphatic carbocycles. The first-order valence-corrected chi connectivity index (χ1v) is 6.42. The molecular formula is C15H19N3O. The molecule has 2 rings (SSSR count). The van der Waals surface area contributed by atoms with E-state index in [1.807, 2.05) is 44.2 Å². The van der Waals surface area contributed by atoms with Crippen molar-refractivity contribution in [1.82, 2.24) is 15.3 Å². The summed E-state index contributed by atoms with van der Waals surface area (Å²) in [7, 11) is 0. The van der Waals surface area contributed by atoms with Gasteiger partial charge in [-0.1, -0.05) is 30.3 Å². The maximum atomic E-state index is 10.1. The minimum absolute atomic E-state index is 0.0621. The molecule has 4 nitrogen and oxygen atoms in total. The molecule has 100 valence electrons. The van der Waals surface area contributed by atoms with Crippen molar-refractivity contribution in [1.29, 1.82) is 0 Å². The van der Waals surface area contributed by atoms with E-state index in [9.17, 15) is 5.11 Å². The van der Waals surface area contributed by atoms with Gasteiger partial charge in [0.25, 0.3) is 0 Å². The molecule has 0 saturated heterocycles. The summed E-state index contributed by atoms with van der Waals surface area (Å²) in [6.07, 6.45) is 2.86. The number of aliphatic hydroxyl groups is 1. The molecule has 2 atom stereocenters. The zero-order valence-electron chi connectivity index (χ0n) is 11.2. The van der Waals surface area contributed by atoms with Crippen molar-refractivity contribution >= 4 is 0 Å². The van der Waals surface area contributed by atoms with E-state index in [0.29, 0.717) is 6.54 Å². The third kappa shape index (κ3) is 3.59. The molecule has 0 aliphatic heterocycles. The Labute approximate surface area is 113 Å². The standard InChI is InChI=1S/C15H19N3O/c1-11-15(17-9-8-16-11)12(2)18-10-14(19)13-6-4-3-5-7-13/h3-9,12,14,18-19H,10H2,1-2H3. The van der Waals surface area contributed by atoms with Crippen molar-refractivity contribution < 1.29 is 5.11 Å². The maximum absolute atomic E-state index is 10.1. The maximum Gasteiger partial charge on any atom is 0.0914 e. The van der Waals surface area contributed by atoms with Crippen LogP contribution >= 0.6 is 0 Å². The minimum atomic E-state index is -0.513. The summed E-state index contributed by atoms with van der Waals surface area (Å²) < 4.78 is 0. The van der Waals surface area contributed by atoms with E-state index in [2.05, 4.69) is 15.3 Å². The quantitative estimate of drug-likeness (QED) is 0.862. The number of hydrogen-bond donors (Lipinski definition) is 2. The second kappa shape index (κ2) is 6.41. The number of aromatic nitrogens is 2. The van der Waals surface area contributed by atoms with Crippen LogP contribution in [-0.4, -0.2) is 21.6 Å². The number of nitrogens with one attached hydrogen (secondary N) is 1. The predicted octanol–water partition coefficient (Wildman–Crippen LogP) is 2.17. The van der Waals surface area contributed by atoms with Gasteiger partial charge in [-0.05, 0) is 19.4 Å². The van der Waals surface area contributed by atoms with Gasteiger partial charge >= 0.3 is 0 Å². The third-order valence-corrected chi connectivity index (χ3v) is 3.13. The lowest BCUT2D eigenvalue weighted by atomic mass is 10.1. The van der Waals surface area contributed by atoms with E-state index >= 15 is 0 Å². The van der Waals surface area contributed by atoms with E-state index in [1.165, 1.54) is 0 Å². The SMILES string of the molecule is Cc1nccnc1C(C)NCC(O)c1ccccc1. The van der Waals surface area contributed by atoms with Crippen LogP contribution in [0.3, 0.4) is 0 Å². The molecule has 4 heteroatoms. The summed E-state index contributed by atoms with van der Waals surface area (Å²) in [4.78, 5) is 8.54. The van der Waals surface area contributed by atoms with Crippen LogP contribution in [0.2, 0.25) is 0 Å². The molecule has 0 saturated carbocycles. The van der Waals surface area contributed by atoms with Gasteiger partial charge in [-0.15, -0.1) is 0 Å². The Morgan fingerprint density at radius 3 is 2.53 bits per heavy atom. The number of benzene rings is 1. The van der Waals surface area contributed by atoms with Crippen molar-refractivity contribution in [3.05, 3.63) is 59.7 Å². The van der Waals surface area contributed by atoms with Crippen LogP contribution in [0.5, 0.6) is 0 Å². The van der Waals surface area contributed by atoms with Crippen LogP contribution in [0, 0.1) is 6.92 Å². The molecule has 2 aromatic rings. The number of rotatable bonds is 5. The zero-order valence-corrected chi connectivity index (χ0v) is 11.2. The van der Waals surface area contributed by atoms with Gasteiger partial charge in [0.1, 0.15) is 0 Å². The smallest absolute Gasteiger partial charge is 0.0914 e. The van der Waals surface area contributed by atoms with E-state index in [1.54, 1.807) is 12.4 Å². The lowest BCUT2D eigenvalue weighted by molar-refractivity contribution is 0.170. The molecule has 2 N–H and O–H groups in total. The van der Waals surface area contributed by atoms with Gasteiger partial charge in [0.2, 0.25) is 0 Å². The highest BCUT2D eigenvalue weighted by atomic mass is 16.3. The molecule has 0 fully saturated rings. The van der Waals surface area contributed by atoms with E-state index in [0.717, 1.165) is 17.0 Å². The van der Waals surface area contributed by atoms with Crippen molar-refractivity contribution in [2.24, 2.45) is 0 Å². The lowest BCUT2D eigenvalue weighted by Crippen LogP contribution is -2.26. The second-order valence-electron chi connectivity index (χ2n) is 4.58. The summed E-state index contributed by atoms with van der Waals surface area (Å²) in [6, 6.07) is 9.69. The Morgan fingerprint density at radius 1 is 1.16 bits per heavy atom. The minimum Gasteiger partial charge on any atom is -0.387 e. The van der Waals surface area contributed by atoms with Crippen molar-refractivity contribution in [2.75, 3.05) is 6.54 Å². The summed E-state index contributed by atoms with van der Waals surface area (Å²) in [5.74, 6) is 0. The zero-order chi connectivity index (χ0) is 13.7. The average molecular weight is 257 g/mol. The lowest BCUT2D eigenvalue weighted by Gasteiger charge is -2.18. The molecule has 0 spiro atoms. The Kier molecular flexibility index (Phi) is 4.60. The topological polar surface area (TPSA) is 58.0 Å². The Hall–Kier alpha value is -1.78. The number of aryl methyl sites for hydroxylation is 1. The number of hydrogen-bond acceptors (Lipinski definition) is 4. The molecular weight excluding hydrogens is 238 g/mol. The number of nitrogens with zero attached hydrogens (tertiary/aromatic N) is 2. The summed E-state index contributed by atoms with van der Waals surface area (Å²) >= 11 is 0. The fraction of sp³-hybridized carbons (Fsp3) is 0.333. The van der Waals surface area contributed by atoms with Gasteiger partial charge in [-0.25, -0.2) is 0 Å². The predicted molar refractivity (Wildman–Crippen MR) is 74.6 cm³/mol. The molecule has 0 bridgehead atoms. The first kappa shape index (κ1) is 13.6. The van der Waals surface area contributed by atoms with Crippen molar-refractivity contribution in [3.63, 3.8) is 0 Å². The third-order valence-electron chi connectivity index (χ3n) is 3.13. The van der Waals surface area contributed by atoms with Gasteiger partial charge in [0.05, 0.1) is 17.5 Å². The average Bonchev–Trinajstić information content (AvgIpc) is 2.46. The van der Waals surface area contributed by atoms with E-state index in [4.69, 9.17) is 0 Å². The van der Waals surface area contributed by atoms with Crippen LogP contribution in [-0.2, 0) is 0 Å². The van der Waals surface area contributed by atoms with Gasteiger partial charge in [0, 0.05) is 25.0 Å². The van der Waals surface area contributed by atoms with Crippen LogP contribution in [0.25, 0.3) is 0 Å². The van der Waals surface area contributed by atoms with Crippen LogP contribution in [0.4, 0.5) is 0 Å². The molecule has 1 heterocycles. The number of aliphatic hydroxyl groups excluding tert-OH is 1. The van der Waals surface area contributed by atoms with Crippen LogP contribution in [0.15, 0.2) is 42.7 Å². The fourth-order valence-electron chi connectivity index (χ4n) is 2.02. The summed E-state index contributed by atoms with van der Waals surface area (Å²) in [5.41, 5.74) is 2.75.